The first kappa shape index (κ1) is 9.63. The Hall–Kier alpha value is -0.460. The van der Waals surface area contributed by atoms with Gasteiger partial charge in [-0.15, -0.1) is 0 Å². The molecule has 0 radical (unpaired) electrons. The van der Waals surface area contributed by atoms with Gasteiger partial charge in [0.15, 0.2) is 0 Å². The van der Waals surface area contributed by atoms with Crippen LogP contribution in [-0.2, 0) is 0 Å². The van der Waals surface area contributed by atoms with Crippen LogP contribution in [0.2, 0.25) is 0 Å². The van der Waals surface area contributed by atoms with E-state index in [1.807, 2.05) is 0 Å². The third-order valence-corrected chi connectivity index (χ3v) is 1.97. The molecule has 1 rings (SSSR count). The quantitative estimate of drug-likeness (QED) is 0.281. The second-order valence-electron chi connectivity index (χ2n) is 2.82. The number of aliphatic hydroxyl groups is 5. The van der Waals surface area contributed by atoms with E-state index in [9.17, 15) is 5.11 Å². The van der Waals surface area contributed by atoms with Crippen molar-refractivity contribution in [2.75, 3.05) is 6.61 Å². The van der Waals surface area contributed by atoms with Gasteiger partial charge in [0, 0.05) is 0 Å². The highest BCUT2D eigenvalue weighted by molar-refractivity contribution is 5.19. The molecule has 0 amide bonds. The van der Waals surface area contributed by atoms with Gasteiger partial charge in [0.05, 0.1) is 6.61 Å². The molecule has 1 aliphatic rings. The second kappa shape index (κ2) is 3.51. The SMILES string of the molecule is OCC1=C[C@@H](O)[C@@H](O)[C@@H](O)[C@@H]1O. The average molecular weight is 176 g/mol. The van der Waals surface area contributed by atoms with Crippen molar-refractivity contribution in [2.24, 2.45) is 0 Å². The minimum Gasteiger partial charge on any atom is -0.392 e. The van der Waals surface area contributed by atoms with Gasteiger partial charge in [-0.05, 0) is 11.6 Å². The maximum absolute atomic E-state index is 9.18. The molecule has 12 heavy (non-hydrogen) atoms. The van der Waals surface area contributed by atoms with Crippen LogP contribution in [0.5, 0.6) is 0 Å². The van der Waals surface area contributed by atoms with Crippen molar-refractivity contribution < 1.29 is 25.5 Å². The van der Waals surface area contributed by atoms with Crippen molar-refractivity contribution in [1.29, 1.82) is 0 Å². The van der Waals surface area contributed by atoms with Crippen LogP contribution in [0.4, 0.5) is 0 Å². The molecule has 0 heterocycles. The van der Waals surface area contributed by atoms with Gasteiger partial charge in [0.25, 0.3) is 0 Å². The van der Waals surface area contributed by atoms with Crippen molar-refractivity contribution in [2.45, 2.75) is 24.4 Å². The molecular weight excluding hydrogens is 164 g/mol. The molecule has 0 bridgehead atoms. The van der Waals surface area contributed by atoms with Crippen LogP contribution in [-0.4, -0.2) is 56.6 Å². The minimum absolute atomic E-state index is 0.125. The first-order chi connectivity index (χ1) is 5.57. The van der Waals surface area contributed by atoms with E-state index < -0.39 is 31.0 Å². The van der Waals surface area contributed by atoms with E-state index in [0.29, 0.717) is 0 Å². The number of hydrogen-bond acceptors (Lipinski definition) is 5. The lowest BCUT2D eigenvalue weighted by molar-refractivity contribution is -0.0948. The lowest BCUT2D eigenvalue weighted by Gasteiger charge is -2.31. The van der Waals surface area contributed by atoms with E-state index in [2.05, 4.69) is 0 Å². The van der Waals surface area contributed by atoms with E-state index in [-0.39, 0.29) is 5.57 Å². The third-order valence-electron chi connectivity index (χ3n) is 1.97. The maximum atomic E-state index is 9.18. The summed E-state index contributed by atoms with van der Waals surface area (Å²) in [5, 5.41) is 45.0. The Bertz CT molecular complexity index is 190. The van der Waals surface area contributed by atoms with Crippen LogP contribution in [0.3, 0.4) is 0 Å². The average Bonchev–Trinajstić information content (AvgIpc) is 2.08. The van der Waals surface area contributed by atoms with Gasteiger partial charge in [0.2, 0.25) is 0 Å². The number of aliphatic hydroxyl groups excluding tert-OH is 5. The Kier molecular flexibility index (Phi) is 2.81. The first-order valence-corrected chi connectivity index (χ1v) is 3.61. The van der Waals surface area contributed by atoms with Crippen molar-refractivity contribution in [3.05, 3.63) is 11.6 Å². The van der Waals surface area contributed by atoms with Gasteiger partial charge < -0.3 is 25.5 Å². The van der Waals surface area contributed by atoms with Gasteiger partial charge in [-0.1, -0.05) is 0 Å². The smallest absolute Gasteiger partial charge is 0.112 e. The van der Waals surface area contributed by atoms with Gasteiger partial charge in [-0.3, -0.25) is 0 Å². The molecule has 4 atom stereocenters. The fourth-order valence-electron chi connectivity index (χ4n) is 1.17. The topological polar surface area (TPSA) is 101 Å². The summed E-state index contributed by atoms with van der Waals surface area (Å²) >= 11 is 0. The molecule has 1 aliphatic carbocycles. The second-order valence-corrected chi connectivity index (χ2v) is 2.82. The molecule has 5 heteroatoms. The normalized spacial score (nSPS) is 42.6. The van der Waals surface area contributed by atoms with E-state index in [0.717, 1.165) is 6.08 Å². The summed E-state index contributed by atoms with van der Waals surface area (Å²) < 4.78 is 0. The van der Waals surface area contributed by atoms with Crippen molar-refractivity contribution >= 4 is 0 Å². The Morgan fingerprint density at radius 2 is 1.67 bits per heavy atom. The maximum Gasteiger partial charge on any atom is 0.112 e. The Balaban J connectivity index is 2.84. The molecule has 70 valence electrons. The molecule has 0 unspecified atom stereocenters. The molecule has 0 saturated carbocycles. The number of rotatable bonds is 1. The molecule has 0 aromatic rings. The predicted octanol–water partition coefficient (Wildman–Crippen LogP) is -2.64. The van der Waals surface area contributed by atoms with Crippen LogP contribution in [0, 0.1) is 0 Å². The molecule has 0 aromatic heterocycles. The molecule has 0 fully saturated rings. The van der Waals surface area contributed by atoms with Gasteiger partial charge in [-0.2, -0.15) is 0 Å². The zero-order valence-electron chi connectivity index (χ0n) is 6.33. The van der Waals surface area contributed by atoms with Crippen LogP contribution in [0.1, 0.15) is 0 Å². The summed E-state index contributed by atoms with van der Waals surface area (Å²) in [6.07, 6.45) is -4.22. The van der Waals surface area contributed by atoms with E-state index >= 15 is 0 Å². The van der Waals surface area contributed by atoms with Gasteiger partial charge in [-0.25, -0.2) is 0 Å². The molecule has 0 spiro atoms. The van der Waals surface area contributed by atoms with Crippen LogP contribution in [0.25, 0.3) is 0 Å². The summed E-state index contributed by atoms with van der Waals surface area (Å²) in [5.41, 5.74) is 0.125. The highest BCUT2D eigenvalue weighted by atomic mass is 16.4. The van der Waals surface area contributed by atoms with Crippen molar-refractivity contribution in [3.63, 3.8) is 0 Å². The zero-order chi connectivity index (χ0) is 9.30. The molecule has 0 aromatic carbocycles. The zero-order valence-corrected chi connectivity index (χ0v) is 6.33. The van der Waals surface area contributed by atoms with Gasteiger partial charge >= 0.3 is 0 Å². The summed E-state index contributed by atoms with van der Waals surface area (Å²) in [6.45, 7) is -0.442. The Morgan fingerprint density at radius 3 is 2.17 bits per heavy atom. The van der Waals surface area contributed by atoms with Crippen LogP contribution in [0.15, 0.2) is 11.6 Å². The highest BCUT2D eigenvalue weighted by Crippen LogP contribution is 2.19. The summed E-state index contributed by atoms with van der Waals surface area (Å²) in [5.74, 6) is 0. The first-order valence-electron chi connectivity index (χ1n) is 3.61. The third kappa shape index (κ3) is 1.50. The van der Waals surface area contributed by atoms with E-state index in [1.54, 1.807) is 0 Å². The van der Waals surface area contributed by atoms with Crippen molar-refractivity contribution in [1.82, 2.24) is 0 Å². The molecule has 5 N–H and O–H groups in total. The lowest BCUT2D eigenvalue weighted by atomic mass is 9.90. The number of hydrogen-bond donors (Lipinski definition) is 5. The van der Waals surface area contributed by atoms with E-state index in [4.69, 9.17) is 20.4 Å². The Morgan fingerprint density at radius 1 is 1.08 bits per heavy atom. The largest absolute Gasteiger partial charge is 0.392 e. The highest BCUT2D eigenvalue weighted by Gasteiger charge is 2.35. The summed E-state index contributed by atoms with van der Waals surface area (Å²) in [4.78, 5) is 0. The monoisotopic (exact) mass is 176 g/mol. The van der Waals surface area contributed by atoms with Crippen LogP contribution >= 0.6 is 0 Å². The summed E-state index contributed by atoms with van der Waals surface area (Å²) in [7, 11) is 0. The molecular formula is C7H12O5. The molecule has 0 saturated heterocycles. The van der Waals surface area contributed by atoms with Gasteiger partial charge in [0.1, 0.15) is 24.4 Å². The fourth-order valence-corrected chi connectivity index (χ4v) is 1.17. The van der Waals surface area contributed by atoms with E-state index in [1.165, 1.54) is 0 Å². The standard InChI is InChI=1S/C7H12O5/c8-2-3-1-4(9)6(11)7(12)5(3)10/h1,4-12H,2H2/t4-,5-,6-,7+/m1/s1. The predicted molar refractivity (Wildman–Crippen MR) is 39.2 cm³/mol. The van der Waals surface area contributed by atoms with Crippen LogP contribution < -0.4 is 0 Å². The minimum atomic E-state index is -1.44. The summed E-state index contributed by atoms with van der Waals surface area (Å²) in [6, 6.07) is 0. The lowest BCUT2D eigenvalue weighted by Crippen LogP contribution is -2.48. The molecule has 0 aliphatic heterocycles. The fraction of sp³-hybridized carbons (Fsp3) is 0.714. The Labute approximate surface area is 69.2 Å². The van der Waals surface area contributed by atoms with Crippen molar-refractivity contribution in [3.8, 4) is 0 Å². The molecule has 5 nitrogen and oxygen atoms in total.